The number of anilines is 1. The van der Waals surface area contributed by atoms with Crippen LogP contribution in [0.25, 0.3) is 11.0 Å². The van der Waals surface area contributed by atoms with E-state index in [0.29, 0.717) is 30.2 Å². The number of rotatable bonds is 6. The molecule has 3 aromatic heterocycles. The summed E-state index contributed by atoms with van der Waals surface area (Å²) in [7, 11) is 3.11. The lowest BCUT2D eigenvalue weighted by molar-refractivity contribution is 0.0957. The number of carbonyl (C=O) groups excluding carboxylic acids is 1. The van der Waals surface area contributed by atoms with Crippen LogP contribution in [0.1, 0.15) is 23.0 Å². The van der Waals surface area contributed by atoms with Crippen molar-refractivity contribution in [1.82, 2.24) is 29.7 Å². The molecule has 1 aliphatic rings. The van der Waals surface area contributed by atoms with Gasteiger partial charge in [-0.05, 0) is 30.7 Å². The van der Waals surface area contributed by atoms with Crippen LogP contribution in [0.15, 0.2) is 34.0 Å². The van der Waals surface area contributed by atoms with Crippen LogP contribution in [0.5, 0.6) is 5.88 Å². The molecule has 0 saturated carbocycles. The number of nitrogens with one attached hydrogen (secondary N) is 2. The van der Waals surface area contributed by atoms with Crippen molar-refractivity contribution in [1.29, 1.82) is 0 Å². The quantitative estimate of drug-likeness (QED) is 0.542. The van der Waals surface area contributed by atoms with E-state index in [4.69, 9.17) is 4.74 Å². The fourth-order valence-electron chi connectivity index (χ4n) is 4.03. The zero-order valence-electron chi connectivity index (χ0n) is 18.9. The molecular formula is C22H27N7O4. The molecule has 0 atom stereocenters. The molecule has 33 heavy (non-hydrogen) atoms. The Kier molecular flexibility index (Phi) is 6.40. The number of pyridine rings is 2. The Bertz CT molecular complexity index is 1290. The van der Waals surface area contributed by atoms with Gasteiger partial charge in [-0.2, -0.15) is 0 Å². The number of nitrogens with zero attached hydrogens (tertiary/aromatic N) is 5. The van der Waals surface area contributed by atoms with E-state index in [0.717, 1.165) is 42.0 Å². The van der Waals surface area contributed by atoms with Gasteiger partial charge in [0, 0.05) is 52.5 Å². The van der Waals surface area contributed by atoms with E-state index in [-0.39, 0.29) is 17.0 Å². The maximum atomic E-state index is 12.4. The third kappa shape index (κ3) is 4.44. The largest absolute Gasteiger partial charge is 0.480 e. The van der Waals surface area contributed by atoms with Crippen LogP contribution in [0.3, 0.4) is 0 Å². The summed E-state index contributed by atoms with van der Waals surface area (Å²) in [4.78, 5) is 52.2. The third-order valence-electron chi connectivity index (χ3n) is 5.81. The van der Waals surface area contributed by atoms with Crippen LogP contribution in [0, 0.1) is 0 Å². The molecule has 2 N–H and O–H groups in total. The van der Waals surface area contributed by atoms with Crippen LogP contribution in [0.2, 0.25) is 0 Å². The first kappa shape index (κ1) is 22.5. The molecule has 1 aliphatic heterocycles. The summed E-state index contributed by atoms with van der Waals surface area (Å²) in [6.45, 7) is 5.82. The Morgan fingerprint density at radius 1 is 1.21 bits per heavy atom. The number of H-pyrrole nitrogens is 1. The highest BCUT2D eigenvalue weighted by molar-refractivity contribution is 5.92. The molecule has 1 amide bonds. The average Bonchev–Trinajstić information content (AvgIpc) is 2.83. The van der Waals surface area contributed by atoms with Crippen molar-refractivity contribution in [3.05, 3.63) is 56.5 Å². The maximum absolute atomic E-state index is 12.4. The summed E-state index contributed by atoms with van der Waals surface area (Å²) in [5.41, 5.74) is 2.01. The van der Waals surface area contributed by atoms with Gasteiger partial charge >= 0.3 is 5.69 Å². The Morgan fingerprint density at radius 3 is 2.64 bits per heavy atom. The summed E-state index contributed by atoms with van der Waals surface area (Å²) >= 11 is 0. The average molecular weight is 454 g/mol. The topological polar surface area (TPSA) is 125 Å². The summed E-state index contributed by atoms with van der Waals surface area (Å²) in [5.74, 6) is 0.161. The lowest BCUT2D eigenvalue weighted by Crippen LogP contribution is -2.46. The number of fused-ring (bicyclic) bond motifs is 1. The van der Waals surface area contributed by atoms with Crippen LogP contribution >= 0.6 is 0 Å². The molecule has 0 spiro atoms. The first-order valence-electron chi connectivity index (χ1n) is 10.8. The molecule has 0 aromatic carbocycles. The van der Waals surface area contributed by atoms with Gasteiger partial charge in [-0.3, -0.25) is 19.1 Å². The van der Waals surface area contributed by atoms with Gasteiger partial charge in [0.05, 0.1) is 18.3 Å². The highest BCUT2D eigenvalue weighted by atomic mass is 16.5. The molecule has 0 radical (unpaired) electrons. The fraction of sp³-hybridized carbons (Fsp3) is 0.409. The molecule has 1 fully saturated rings. The molecule has 1 saturated heterocycles. The minimum absolute atomic E-state index is 0.261. The molecule has 4 heterocycles. The molecule has 11 heteroatoms. The van der Waals surface area contributed by atoms with Gasteiger partial charge < -0.3 is 19.9 Å². The molecule has 174 valence electrons. The van der Waals surface area contributed by atoms with Crippen LogP contribution < -0.4 is 26.2 Å². The van der Waals surface area contributed by atoms with Crippen molar-refractivity contribution in [3.8, 4) is 5.88 Å². The number of aromatic amines is 1. The van der Waals surface area contributed by atoms with E-state index >= 15 is 0 Å². The van der Waals surface area contributed by atoms with E-state index in [1.54, 1.807) is 33.3 Å². The fourth-order valence-corrected chi connectivity index (χ4v) is 4.03. The first-order valence-corrected chi connectivity index (χ1v) is 10.8. The molecule has 0 unspecified atom stereocenters. The number of carbonyl (C=O) groups is 1. The lowest BCUT2D eigenvalue weighted by Gasteiger charge is -2.36. The van der Waals surface area contributed by atoms with Crippen molar-refractivity contribution in [2.75, 3.05) is 45.2 Å². The van der Waals surface area contributed by atoms with Gasteiger partial charge in [0.25, 0.3) is 11.5 Å². The van der Waals surface area contributed by atoms with Gasteiger partial charge in [0.1, 0.15) is 5.69 Å². The monoisotopic (exact) mass is 453 g/mol. The Hall–Kier alpha value is -3.73. The Labute approximate surface area is 190 Å². The number of amides is 1. The molecule has 0 aliphatic carbocycles. The highest BCUT2D eigenvalue weighted by Gasteiger charge is 2.22. The summed E-state index contributed by atoms with van der Waals surface area (Å²) in [6, 6.07) is 5.37. The van der Waals surface area contributed by atoms with Gasteiger partial charge in [0.2, 0.25) is 5.88 Å². The van der Waals surface area contributed by atoms with Gasteiger partial charge in [0.15, 0.2) is 5.52 Å². The second kappa shape index (κ2) is 9.41. The Morgan fingerprint density at radius 2 is 1.97 bits per heavy atom. The number of methoxy groups -OCH3 is 1. The summed E-state index contributed by atoms with van der Waals surface area (Å²) < 4.78 is 6.56. The number of piperazine rings is 1. The zero-order valence-corrected chi connectivity index (χ0v) is 18.9. The van der Waals surface area contributed by atoms with E-state index < -0.39 is 5.69 Å². The van der Waals surface area contributed by atoms with Crippen LogP contribution in [-0.2, 0) is 13.1 Å². The van der Waals surface area contributed by atoms with Crippen molar-refractivity contribution in [2.24, 2.45) is 0 Å². The van der Waals surface area contributed by atoms with Crippen molar-refractivity contribution < 1.29 is 9.53 Å². The van der Waals surface area contributed by atoms with Gasteiger partial charge in [-0.15, -0.1) is 0 Å². The van der Waals surface area contributed by atoms with Crippen LogP contribution in [-0.4, -0.2) is 70.7 Å². The van der Waals surface area contributed by atoms with Gasteiger partial charge in [-0.1, -0.05) is 0 Å². The standard InChI is InChI=1S/C22H27N7O4/c1-4-29-21(31)18-16(26-22(29)32)11-14(12-24-18)13-27-7-9-28(10-8-27)17-6-5-15(19(30)23-2)25-20(17)33-3/h5-6,11-12H,4,7-10,13H2,1-3H3,(H,23,30)(H,26,32). The third-order valence-corrected chi connectivity index (χ3v) is 5.81. The van der Waals surface area contributed by atoms with E-state index in [2.05, 4.69) is 30.1 Å². The summed E-state index contributed by atoms with van der Waals surface area (Å²) in [5, 5.41) is 2.56. The predicted molar refractivity (Wildman–Crippen MR) is 124 cm³/mol. The number of ether oxygens (including phenoxy) is 1. The highest BCUT2D eigenvalue weighted by Crippen LogP contribution is 2.27. The Balaban J connectivity index is 1.45. The van der Waals surface area contributed by atoms with Crippen molar-refractivity contribution >= 4 is 22.6 Å². The predicted octanol–water partition coefficient (Wildman–Crippen LogP) is 0.190. The second-order valence-corrected chi connectivity index (χ2v) is 7.79. The number of hydrogen-bond acceptors (Lipinski definition) is 8. The molecule has 4 rings (SSSR count). The van der Waals surface area contributed by atoms with Crippen molar-refractivity contribution in [3.63, 3.8) is 0 Å². The smallest absolute Gasteiger partial charge is 0.328 e. The molecule has 3 aromatic rings. The molecular weight excluding hydrogens is 426 g/mol. The SMILES string of the molecule is CCn1c(=O)[nH]c2cc(CN3CCN(c4ccc(C(=O)NC)nc4OC)CC3)cnc2c1=O. The number of aromatic nitrogens is 4. The molecule has 0 bridgehead atoms. The second-order valence-electron chi connectivity index (χ2n) is 7.79. The summed E-state index contributed by atoms with van der Waals surface area (Å²) in [6.07, 6.45) is 1.69. The minimum Gasteiger partial charge on any atom is -0.480 e. The molecule has 11 nitrogen and oxygen atoms in total. The van der Waals surface area contributed by atoms with Gasteiger partial charge in [-0.25, -0.2) is 14.8 Å². The van der Waals surface area contributed by atoms with E-state index in [9.17, 15) is 14.4 Å². The minimum atomic E-state index is -0.424. The van der Waals surface area contributed by atoms with E-state index in [1.165, 1.54) is 0 Å². The lowest BCUT2D eigenvalue weighted by atomic mass is 10.2. The van der Waals surface area contributed by atoms with Crippen molar-refractivity contribution in [2.45, 2.75) is 20.0 Å². The zero-order chi connectivity index (χ0) is 23.5. The normalized spacial score (nSPS) is 14.5. The first-order chi connectivity index (χ1) is 15.9. The maximum Gasteiger partial charge on any atom is 0.328 e. The number of hydrogen-bond donors (Lipinski definition) is 2. The van der Waals surface area contributed by atoms with Crippen LogP contribution in [0.4, 0.5) is 5.69 Å². The van der Waals surface area contributed by atoms with E-state index in [1.807, 2.05) is 12.1 Å².